The number of benzene rings is 1. The van der Waals surface area contributed by atoms with Gasteiger partial charge in [-0.15, -0.1) is 0 Å². The van der Waals surface area contributed by atoms with E-state index in [1.807, 2.05) is 19.0 Å². The summed E-state index contributed by atoms with van der Waals surface area (Å²) in [5.41, 5.74) is -0.186. The van der Waals surface area contributed by atoms with Crippen molar-refractivity contribution in [3.05, 3.63) is 33.9 Å². The summed E-state index contributed by atoms with van der Waals surface area (Å²) in [6, 6.07) is 1.63. The first-order chi connectivity index (χ1) is 14.2. The minimum Gasteiger partial charge on any atom is -0.492 e. The Hall–Kier alpha value is -2.61. The Morgan fingerprint density at radius 2 is 2.03 bits per heavy atom. The zero-order chi connectivity index (χ0) is 21.7. The van der Waals surface area contributed by atoms with Gasteiger partial charge in [0.1, 0.15) is 11.3 Å². The van der Waals surface area contributed by atoms with E-state index < -0.39 is 17.2 Å². The molecule has 4 rings (SSSR count). The van der Waals surface area contributed by atoms with Crippen molar-refractivity contribution >= 4 is 22.6 Å². The van der Waals surface area contributed by atoms with Crippen LogP contribution >= 0.6 is 0 Å². The molecule has 0 amide bonds. The predicted octanol–water partition coefficient (Wildman–Crippen LogP) is 2.96. The average molecular weight is 417 g/mol. The van der Waals surface area contributed by atoms with Crippen molar-refractivity contribution in [1.29, 1.82) is 0 Å². The number of anilines is 1. The maximum Gasteiger partial charge on any atom is 0.341 e. The summed E-state index contributed by atoms with van der Waals surface area (Å²) in [4.78, 5) is 28.5. The average Bonchev–Trinajstić information content (AvgIpc) is 3.43. The van der Waals surface area contributed by atoms with Crippen molar-refractivity contribution in [1.82, 2.24) is 9.47 Å². The highest BCUT2D eigenvalue weighted by Gasteiger charge is 2.34. The molecule has 0 bridgehead atoms. The van der Waals surface area contributed by atoms with Gasteiger partial charge in [-0.3, -0.25) is 4.79 Å². The third-order valence-corrected chi connectivity index (χ3v) is 6.61. The lowest BCUT2D eigenvalue weighted by atomic mass is 10.00. The number of aromatic carboxylic acids is 1. The van der Waals surface area contributed by atoms with Gasteiger partial charge in [-0.05, 0) is 52.3 Å². The van der Waals surface area contributed by atoms with Crippen LogP contribution < -0.4 is 15.1 Å². The second kappa shape index (κ2) is 7.58. The number of aromatic nitrogens is 1. The smallest absolute Gasteiger partial charge is 0.341 e. The highest BCUT2D eigenvalue weighted by Crippen LogP contribution is 2.44. The highest BCUT2D eigenvalue weighted by molar-refractivity contribution is 5.97. The monoisotopic (exact) mass is 417 g/mol. The molecule has 1 aliphatic heterocycles. The van der Waals surface area contributed by atoms with E-state index >= 15 is 4.39 Å². The fraction of sp³-hybridized carbons (Fsp3) is 0.545. The summed E-state index contributed by atoms with van der Waals surface area (Å²) in [6.45, 7) is 3.56. The topological polar surface area (TPSA) is 75.0 Å². The number of hydrogen-bond acceptors (Lipinski definition) is 5. The molecule has 0 radical (unpaired) electrons. The summed E-state index contributed by atoms with van der Waals surface area (Å²) in [6.07, 6.45) is 4.10. The zero-order valence-corrected chi connectivity index (χ0v) is 17.8. The van der Waals surface area contributed by atoms with Gasteiger partial charge in [0.25, 0.3) is 0 Å². The number of nitrogens with zero attached hydrogens (tertiary/aromatic N) is 3. The quantitative estimate of drug-likeness (QED) is 0.779. The maximum absolute atomic E-state index is 15.3. The maximum atomic E-state index is 15.3. The highest BCUT2D eigenvalue weighted by atomic mass is 19.1. The molecule has 1 aromatic carbocycles. The molecule has 1 aliphatic carbocycles. The van der Waals surface area contributed by atoms with Gasteiger partial charge in [-0.1, -0.05) is 0 Å². The van der Waals surface area contributed by atoms with Crippen molar-refractivity contribution < 1.29 is 19.0 Å². The molecule has 2 aliphatic rings. The van der Waals surface area contributed by atoms with Crippen LogP contribution in [0.5, 0.6) is 5.75 Å². The normalized spacial score (nSPS) is 20.2. The fourth-order valence-electron chi connectivity index (χ4n) is 4.53. The Morgan fingerprint density at radius 1 is 1.33 bits per heavy atom. The van der Waals surface area contributed by atoms with E-state index in [-0.39, 0.29) is 17.0 Å². The van der Waals surface area contributed by atoms with E-state index in [0.717, 1.165) is 19.3 Å². The van der Waals surface area contributed by atoms with Gasteiger partial charge in [-0.2, -0.15) is 0 Å². The summed E-state index contributed by atoms with van der Waals surface area (Å²) < 4.78 is 22.8. The minimum atomic E-state index is -1.31. The van der Waals surface area contributed by atoms with Crippen LogP contribution in [-0.4, -0.2) is 60.9 Å². The molecule has 2 fully saturated rings. The molecule has 0 spiro atoms. The number of rotatable bonds is 6. The van der Waals surface area contributed by atoms with Crippen LogP contribution in [0.25, 0.3) is 10.9 Å². The van der Waals surface area contributed by atoms with Crippen LogP contribution in [0.3, 0.4) is 0 Å². The molecule has 2 heterocycles. The second-order valence-corrected chi connectivity index (χ2v) is 8.65. The van der Waals surface area contributed by atoms with Crippen molar-refractivity contribution in [2.45, 2.75) is 38.3 Å². The lowest BCUT2D eigenvalue weighted by molar-refractivity contribution is 0.0695. The molecule has 2 aromatic rings. The third kappa shape index (κ3) is 3.33. The molecule has 1 aromatic heterocycles. The van der Waals surface area contributed by atoms with Crippen LogP contribution in [0.1, 0.15) is 42.6 Å². The molecule has 1 N–H and O–H groups in total. The number of halogens is 1. The number of fused-ring (bicyclic) bond motifs is 1. The molecular formula is C22H28FN3O4. The van der Waals surface area contributed by atoms with Gasteiger partial charge in [0, 0.05) is 31.4 Å². The first-order valence-electron chi connectivity index (χ1n) is 10.3. The lowest BCUT2D eigenvalue weighted by Crippen LogP contribution is -2.34. The molecule has 2 atom stereocenters. The lowest BCUT2D eigenvalue weighted by Gasteiger charge is -2.28. The number of pyridine rings is 1. The van der Waals surface area contributed by atoms with Gasteiger partial charge in [-0.25, -0.2) is 9.18 Å². The van der Waals surface area contributed by atoms with E-state index in [2.05, 4.69) is 11.8 Å². The Balaban J connectivity index is 1.89. The van der Waals surface area contributed by atoms with Gasteiger partial charge in [0.2, 0.25) is 5.43 Å². The number of carbonyl (C=O) groups is 1. The van der Waals surface area contributed by atoms with E-state index in [0.29, 0.717) is 42.0 Å². The number of hydrogen-bond donors (Lipinski definition) is 1. The summed E-state index contributed by atoms with van der Waals surface area (Å²) >= 11 is 0. The number of methoxy groups -OCH3 is 1. The zero-order valence-electron chi connectivity index (χ0n) is 17.8. The number of ether oxygens (including phenoxy) is 1. The predicted molar refractivity (Wildman–Crippen MR) is 113 cm³/mol. The molecule has 1 saturated carbocycles. The van der Waals surface area contributed by atoms with Crippen molar-refractivity contribution in [3.63, 3.8) is 0 Å². The Kier molecular flexibility index (Phi) is 5.22. The van der Waals surface area contributed by atoms with Gasteiger partial charge in [0.05, 0.1) is 18.0 Å². The number of carboxylic acids is 1. The van der Waals surface area contributed by atoms with E-state index in [9.17, 15) is 14.7 Å². The van der Waals surface area contributed by atoms with Crippen molar-refractivity contribution in [3.8, 4) is 5.75 Å². The molecule has 8 heteroatoms. The standard InChI is InChI=1S/C22H28FN3O4/c1-12(24(2)3)13-7-8-25(10-13)19-17(23)9-15-18(21(19)30-4)26(14-5-6-14)11-16(20(15)27)22(28)29/h9,11-14H,5-8,10H2,1-4H3,(H,28,29)/t12-,13-/m1/s1. The van der Waals surface area contributed by atoms with Crippen LogP contribution in [0.15, 0.2) is 17.1 Å². The second-order valence-electron chi connectivity index (χ2n) is 8.65. The number of carboxylic acid groups (broad SMARTS) is 1. The van der Waals surface area contributed by atoms with Crippen LogP contribution in [0, 0.1) is 11.7 Å². The van der Waals surface area contributed by atoms with E-state index in [1.165, 1.54) is 19.4 Å². The first kappa shape index (κ1) is 20.7. The first-order valence-corrected chi connectivity index (χ1v) is 10.3. The minimum absolute atomic E-state index is 0.0531. The molecule has 7 nitrogen and oxygen atoms in total. The van der Waals surface area contributed by atoms with E-state index in [1.54, 1.807) is 4.57 Å². The Labute approximate surface area is 174 Å². The molecule has 162 valence electrons. The molecular weight excluding hydrogens is 389 g/mol. The van der Waals surface area contributed by atoms with Crippen LogP contribution in [0.2, 0.25) is 0 Å². The van der Waals surface area contributed by atoms with E-state index in [4.69, 9.17) is 4.74 Å². The van der Waals surface area contributed by atoms with Gasteiger partial charge >= 0.3 is 5.97 Å². The largest absolute Gasteiger partial charge is 0.492 e. The van der Waals surface area contributed by atoms with Crippen LogP contribution in [-0.2, 0) is 0 Å². The third-order valence-electron chi connectivity index (χ3n) is 6.61. The van der Waals surface area contributed by atoms with Crippen molar-refractivity contribution in [2.75, 3.05) is 39.2 Å². The Morgan fingerprint density at radius 3 is 2.60 bits per heavy atom. The molecule has 30 heavy (non-hydrogen) atoms. The Bertz CT molecular complexity index is 1060. The van der Waals surface area contributed by atoms with Crippen molar-refractivity contribution in [2.24, 2.45) is 5.92 Å². The fourth-order valence-corrected chi connectivity index (χ4v) is 4.53. The summed E-state index contributed by atoms with van der Waals surface area (Å²) in [7, 11) is 5.55. The summed E-state index contributed by atoms with van der Waals surface area (Å²) in [5, 5.41) is 9.50. The molecule has 1 saturated heterocycles. The van der Waals surface area contributed by atoms with Gasteiger partial charge < -0.3 is 24.2 Å². The molecule has 0 unspecified atom stereocenters. The SMILES string of the molecule is COc1c(N2CC[C@@H]([C@@H](C)N(C)C)C2)c(F)cc2c(=O)c(C(=O)O)cn(C3CC3)c12. The van der Waals surface area contributed by atoms with Gasteiger partial charge in [0.15, 0.2) is 11.6 Å². The summed E-state index contributed by atoms with van der Waals surface area (Å²) in [5.74, 6) is -1.16. The van der Waals surface area contributed by atoms with Crippen LogP contribution in [0.4, 0.5) is 10.1 Å².